The number of imide groups is 1. The molecule has 0 N–H and O–H groups in total. The molecule has 0 spiro atoms. The van der Waals surface area contributed by atoms with E-state index in [9.17, 15) is 9.59 Å². The Kier molecular flexibility index (Phi) is 5.27. The molecule has 3 rings (SSSR count). The normalized spacial score (nSPS) is 16.5. The van der Waals surface area contributed by atoms with Crippen molar-refractivity contribution in [2.75, 3.05) is 6.54 Å². The molecule has 1 aliphatic heterocycles. The monoisotopic (exact) mass is 395 g/mol. The van der Waals surface area contributed by atoms with Crippen LogP contribution >= 0.6 is 35.0 Å². The predicted octanol–water partition coefficient (Wildman–Crippen LogP) is 5.95. The third-order valence-electron chi connectivity index (χ3n) is 3.52. The van der Waals surface area contributed by atoms with Crippen LogP contribution < -0.4 is 0 Å². The number of thioether (sulfide) groups is 1. The molecule has 0 unspecified atom stereocenters. The first kappa shape index (κ1) is 18.1. The highest BCUT2D eigenvalue weighted by molar-refractivity contribution is 8.18. The van der Waals surface area contributed by atoms with Crippen molar-refractivity contribution in [1.29, 1.82) is 0 Å². The molecule has 0 atom stereocenters. The van der Waals surface area contributed by atoms with Gasteiger partial charge in [0.05, 0.1) is 9.93 Å². The summed E-state index contributed by atoms with van der Waals surface area (Å²) in [6.45, 7) is 4.33. The van der Waals surface area contributed by atoms with Crippen molar-refractivity contribution in [2.24, 2.45) is 5.92 Å². The molecule has 0 radical (unpaired) electrons. The second-order valence-electron chi connectivity index (χ2n) is 6.01. The first-order valence-corrected chi connectivity index (χ1v) is 9.23. The third kappa shape index (κ3) is 3.94. The summed E-state index contributed by atoms with van der Waals surface area (Å²) in [5.74, 6) is 0.978. The van der Waals surface area contributed by atoms with Crippen molar-refractivity contribution in [3.05, 3.63) is 51.0 Å². The van der Waals surface area contributed by atoms with Gasteiger partial charge in [-0.05, 0) is 48.0 Å². The van der Waals surface area contributed by atoms with E-state index < -0.39 is 0 Å². The van der Waals surface area contributed by atoms with Crippen molar-refractivity contribution in [2.45, 2.75) is 13.8 Å². The van der Waals surface area contributed by atoms with Crippen molar-refractivity contribution in [1.82, 2.24) is 4.90 Å². The maximum absolute atomic E-state index is 12.4. The number of hydrogen-bond acceptors (Lipinski definition) is 4. The van der Waals surface area contributed by atoms with Gasteiger partial charge < -0.3 is 4.42 Å². The molecule has 1 aromatic carbocycles. The number of benzene rings is 1. The van der Waals surface area contributed by atoms with Crippen LogP contribution in [0.2, 0.25) is 10.0 Å². The van der Waals surface area contributed by atoms with E-state index in [4.69, 9.17) is 27.6 Å². The second kappa shape index (κ2) is 7.28. The van der Waals surface area contributed by atoms with Gasteiger partial charge in [0, 0.05) is 23.2 Å². The Balaban J connectivity index is 1.85. The highest BCUT2D eigenvalue weighted by Crippen LogP contribution is 2.35. The smallest absolute Gasteiger partial charge is 0.293 e. The lowest BCUT2D eigenvalue weighted by molar-refractivity contribution is -0.123. The largest absolute Gasteiger partial charge is 0.457 e. The molecule has 4 nitrogen and oxygen atoms in total. The molecule has 7 heteroatoms. The maximum atomic E-state index is 12.4. The van der Waals surface area contributed by atoms with E-state index in [2.05, 4.69) is 0 Å². The summed E-state index contributed by atoms with van der Waals surface area (Å²) in [7, 11) is 0. The Hall–Kier alpha value is -1.69. The van der Waals surface area contributed by atoms with Crippen LogP contribution in [0.5, 0.6) is 0 Å². The van der Waals surface area contributed by atoms with E-state index in [1.165, 1.54) is 4.90 Å². The molecule has 2 amide bonds. The summed E-state index contributed by atoms with van der Waals surface area (Å²) in [5, 5.41) is 0.766. The molecule has 2 aromatic rings. The predicted molar refractivity (Wildman–Crippen MR) is 102 cm³/mol. The lowest BCUT2D eigenvalue weighted by atomic mass is 10.2. The number of carbonyl (C=O) groups is 2. The SMILES string of the molecule is CC(C)CN1C(=O)S/C(=C\c2ccc(-c3ccc(Cl)cc3Cl)o2)C1=O. The molecule has 0 aliphatic carbocycles. The lowest BCUT2D eigenvalue weighted by Gasteiger charge is -2.14. The number of amides is 2. The standard InChI is InChI=1S/C18H15Cl2NO3S/c1-10(2)9-21-17(22)16(25-18(21)23)8-12-4-6-15(24-12)13-5-3-11(19)7-14(13)20/h3-8,10H,9H2,1-2H3/b16-8-. The van der Waals surface area contributed by atoms with Gasteiger partial charge in [0.1, 0.15) is 11.5 Å². The highest BCUT2D eigenvalue weighted by Gasteiger charge is 2.35. The van der Waals surface area contributed by atoms with Crippen molar-refractivity contribution < 1.29 is 14.0 Å². The molecule has 1 aliphatic rings. The molecule has 25 heavy (non-hydrogen) atoms. The Morgan fingerprint density at radius 2 is 1.96 bits per heavy atom. The zero-order valence-corrected chi connectivity index (χ0v) is 15.9. The van der Waals surface area contributed by atoms with E-state index in [0.717, 1.165) is 11.8 Å². The van der Waals surface area contributed by atoms with Crippen LogP contribution in [-0.4, -0.2) is 22.6 Å². The fourth-order valence-electron chi connectivity index (χ4n) is 2.42. The number of hydrogen-bond donors (Lipinski definition) is 0. The van der Waals surface area contributed by atoms with Crippen LogP contribution in [0.1, 0.15) is 19.6 Å². The van der Waals surface area contributed by atoms with E-state index >= 15 is 0 Å². The van der Waals surface area contributed by atoms with Gasteiger partial charge in [-0.15, -0.1) is 0 Å². The first-order chi connectivity index (χ1) is 11.8. The molecule has 130 valence electrons. The number of rotatable bonds is 4. The number of carbonyl (C=O) groups excluding carboxylic acids is 2. The van der Waals surface area contributed by atoms with E-state index in [1.807, 2.05) is 13.8 Å². The first-order valence-electron chi connectivity index (χ1n) is 7.66. The second-order valence-corrected chi connectivity index (χ2v) is 7.85. The number of halogens is 2. The highest BCUT2D eigenvalue weighted by atomic mass is 35.5. The van der Waals surface area contributed by atoms with E-state index in [-0.39, 0.29) is 17.1 Å². The fraction of sp³-hybridized carbons (Fsp3) is 0.222. The average molecular weight is 396 g/mol. The minimum atomic E-state index is -0.286. The Morgan fingerprint density at radius 3 is 2.64 bits per heavy atom. The molecule has 1 fully saturated rings. The Morgan fingerprint density at radius 1 is 1.20 bits per heavy atom. The van der Waals surface area contributed by atoms with Crippen LogP contribution in [0.25, 0.3) is 17.4 Å². The van der Waals surface area contributed by atoms with Crippen LogP contribution in [0.4, 0.5) is 4.79 Å². The maximum Gasteiger partial charge on any atom is 0.293 e. The Bertz CT molecular complexity index is 873. The average Bonchev–Trinajstić information content (AvgIpc) is 3.08. The molecule has 1 aromatic heterocycles. The Labute approximate surface area is 159 Å². The van der Waals surface area contributed by atoms with Gasteiger partial charge in [-0.25, -0.2) is 0 Å². The number of nitrogens with zero attached hydrogens (tertiary/aromatic N) is 1. The van der Waals surface area contributed by atoms with Gasteiger partial charge in [0.2, 0.25) is 0 Å². The summed E-state index contributed by atoms with van der Waals surface area (Å²) >= 11 is 13.0. The quantitative estimate of drug-likeness (QED) is 0.600. The summed E-state index contributed by atoms with van der Waals surface area (Å²) in [6, 6.07) is 8.62. The van der Waals surface area contributed by atoms with Gasteiger partial charge in [-0.1, -0.05) is 37.0 Å². The third-order valence-corrected chi connectivity index (χ3v) is 4.97. The van der Waals surface area contributed by atoms with Crippen molar-refractivity contribution in [3.63, 3.8) is 0 Å². The van der Waals surface area contributed by atoms with Crippen molar-refractivity contribution in [3.8, 4) is 11.3 Å². The molecule has 0 saturated carbocycles. The van der Waals surface area contributed by atoms with Gasteiger partial charge >= 0.3 is 0 Å². The zero-order valence-electron chi connectivity index (χ0n) is 13.6. The summed E-state index contributed by atoms with van der Waals surface area (Å²) < 4.78 is 5.75. The summed E-state index contributed by atoms with van der Waals surface area (Å²) in [4.78, 5) is 26.0. The van der Waals surface area contributed by atoms with Gasteiger partial charge in [0.25, 0.3) is 11.1 Å². The van der Waals surface area contributed by atoms with Gasteiger partial charge in [0.15, 0.2) is 0 Å². The lowest BCUT2D eigenvalue weighted by Crippen LogP contribution is -2.31. The molecular formula is C18H15Cl2NO3S. The minimum absolute atomic E-state index is 0.218. The van der Waals surface area contributed by atoms with Crippen LogP contribution in [0.3, 0.4) is 0 Å². The topological polar surface area (TPSA) is 50.5 Å². The van der Waals surface area contributed by atoms with E-state index in [1.54, 1.807) is 36.4 Å². The van der Waals surface area contributed by atoms with Crippen LogP contribution in [0, 0.1) is 5.92 Å². The van der Waals surface area contributed by atoms with Crippen LogP contribution in [0.15, 0.2) is 39.7 Å². The van der Waals surface area contributed by atoms with Gasteiger partial charge in [-0.2, -0.15) is 0 Å². The van der Waals surface area contributed by atoms with E-state index in [0.29, 0.717) is 38.6 Å². The molecule has 1 saturated heterocycles. The van der Waals surface area contributed by atoms with Gasteiger partial charge in [-0.3, -0.25) is 14.5 Å². The fourth-order valence-corrected chi connectivity index (χ4v) is 3.75. The summed E-state index contributed by atoms with van der Waals surface area (Å²) in [6.07, 6.45) is 1.58. The molecule has 2 heterocycles. The minimum Gasteiger partial charge on any atom is -0.457 e. The zero-order chi connectivity index (χ0) is 18.1. The summed E-state index contributed by atoms with van der Waals surface area (Å²) in [5.41, 5.74) is 0.707. The van der Waals surface area contributed by atoms with Crippen LogP contribution in [-0.2, 0) is 4.79 Å². The number of furan rings is 1. The van der Waals surface area contributed by atoms with Crippen molar-refractivity contribution >= 4 is 52.2 Å². The molecule has 0 bridgehead atoms. The molecular weight excluding hydrogens is 381 g/mol.